The number of H-pyrrole nitrogens is 1. The van der Waals surface area contributed by atoms with Gasteiger partial charge in [0.1, 0.15) is 11.5 Å². The zero-order valence-electron chi connectivity index (χ0n) is 18.9. The molecule has 2 heterocycles. The van der Waals surface area contributed by atoms with Gasteiger partial charge in [-0.15, -0.1) is 0 Å². The summed E-state index contributed by atoms with van der Waals surface area (Å²) in [6, 6.07) is 7.60. The molecule has 36 heavy (non-hydrogen) atoms. The number of hydrogen-bond donors (Lipinski definition) is 1. The van der Waals surface area contributed by atoms with E-state index in [1.54, 1.807) is 17.2 Å². The summed E-state index contributed by atoms with van der Waals surface area (Å²) in [7, 11) is 0. The average Bonchev–Trinajstić information content (AvgIpc) is 3.61. The molecule has 0 aliphatic heterocycles. The van der Waals surface area contributed by atoms with Crippen LogP contribution in [0.1, 0.15) is 34.5 Å². The van der Waals surface area contributed by atoms with E-state index in [9.17, 15) is 22.4 Å². The molecule has 1 aliphatic carbocycles. The largest absolute Gasteiger partial charge is 0.416 e. The lowest BCUT2D eigenvalue weighted by molar-refractivity contribution is -0.137. The highest BCUT2D eigenvalue weighted by Gasteiger charge is 2.32. The zero-order valence-corrected chi connectivity index (χ0v) is 19.7. The maximum atomic E-state index is 13.8. The van der Waals surface area contributed by atoms with E-state index in [1.165, 1.54) is 30.6 Å². The van der Waals surface area contributed by atoms with Crippen LogP contribution >= 0.6 is 11.6 Å². The summed E-state index contributed by atoms with van der Waals surface area (Å²) in [5.41, 5.74) is 0.921. The van der Waals surface area contributed by atoms with Crippen LogP contribution < -0.4 is 0 Å². The molecule has 2 aromatic heterocycles. The lowest BCUT2D eigenvalue weighted by Gasteiger charge is -2.23. The summed E-state index contributed by atoms with van der Waals surface area (Å²) in [5.74, 6) is -0.548. The number of aromatic nitrogens is 3. The number of hydrogen-bond acceptors (Lipinski definition) is 3. The molecule has 2 aromatic carbocycles. The number of carbonyl (C=O) groups excluding carboxylic acids is 1. The Morgan fingerprint density at radius 1 is 1.14 bits per heavy atom. The maximum absolute atomic E-state index is 13.8. The number of aromatic amines is 1. The molecule has 0 saturated heterocycles. The van der Waals surface area contributed by atoms with Gasteiger partial charge in [-0.2, -0.15) is 13.2 Å². The predicted molar refractivity (Wildman–Crippen MR) is 128 cm³/mol. The van der Waals surface area contributed by atoms with Crippen molar-refractivity contribution >= 4 is 28.4 Å². The van der Waals surface area contributed by atoms with E-state index >= 15 is 0 Å². The molecule has 5 nitrogen and oxygen atoms in total. The van der Waals surface area contributed by atoms with Crippen LogP contribution in [0.3, 0.4) is 0 Å². The number of halogens is 5. The second kappa shape index (κ2) is 9.54. The fourth-order valence-corrected chi connectivity index (χ4v) is 4.39. The van der Waals surface area contributed by atoms with Crippen molar-refractivity contribution in [3.8, 4) is 11.3 Å². The van der Waals surface area contributed by atoms with Crippen LogP contribution in [0.5, 0.6) is 0 Å². The summed E-state index contributed by atoms with van der Waals surface area (Å²) < 4.78 is 53.6. The molecule has 0 atom stereocenters. The Morgan fingerprint density at radius 2 is 1.92 bits per heavy atom. The zero-order chi connectivity index (χ0) is 25.4. The minimum atomic E-state index is -4.52. The minimum absolute atomic E-state index is 0.00140. The molecule has 5 rings (SSSR count). The molecule has 4 aromatic rings. The number of fused-ring (bicyclic) bond motifs is 1. The van der Waals surface area contributed by atoms with Crippen molar-refractivity contribution in [2.75, 3.05) is 13.1 Å². The Bertz CT molecular complexity index is 1430. The first-order chi connectivity index (χ1) is 17.2. The van der Waals surface area contributed by atoms with E-state index in [-0.39, 0.29) is 22.0 Å². The van der Waals surface area contributed by atoms with Gasteiger partial charge in [0.15, 0.2) is 5.69 Å². The quantitative estimate of drug-likeness (QED) is 0.284. The molecule has 1 saturated carbocycles. The average molecular weight is 517 g/mol. The van der Waals surface area contributed by atoms with Gasteiger partial charge in [-0.05, 0) is 55.0 Å². The van der Waals surface area contributed by atoms with Gasteiger partial charge in [-0.3, -0.25) is 9.78 Å². The van der Waals surface area contributed by atoms with Gasteiger partial charge in [0.05, 0.1) is 10.6 Å². The number of amides is 1. The van der Waals surface area contributed by atoms with E-state index in [4.69, 9.17) is 11.6 Å². The van der Waals surface area contributed by atoms with Crippen LogP contribution in [0.2, 0.25) is 5.02 Å². The number of alkyl halides is 3. The van der Waals surface area contributed by atoms with Crippen LogP contribution in [0.25, 0.3) is 22.2 Å². The topological polar surface area (TPSA) is 61.9 Å². The highest BCUT2D eigenvalue weighted by atomic mass is 35.5. The van der Waals surface area contributed by atoms with Gasteiger partial charge in [-0.25, -0.2) is 9.37 Å². The van der Waals surface area contributed by atoms with E-state index < -0.39 is 23.5 Å². The molecule has 0 unspecified atom stereocenters. The lowest BCUT2D eigenvalue weighted by Crippen LogP contribution is -2.35. The number of rotatable bonds is 7. The molecule has 0 bridgehead atoms. The number of nitrogens with zero attached hydrogens (tertiary/aromatic N) is 3. The molecule has 186 valence electrons. The van der Waals surface area contributed by atoms with Crippen LogP contribution in [0.15, 0.2) is 55.0 Å². The fourth-order valence-electron chi connectivity index (χ4n) is 4.22. The van der Waals surface area contributed by atoms with Crippen molar-refractivity contribution in [1.29, 1.82) is 0 Å². The summed E-state index contributed by atoms with van der Waals surface area (Å²) in [6.07, 6.45) is 2.43. The molecule has 10 heteroatoms. The molecule has 0 spiro atoms. The van der Waals surface area contributed by atoms with Crippen molar-refractivity contribution in [2.45, 2.75) is 25.4 Å². The minimum Gasteiger partial charge on any atom is -0.361 e. The highest BCUT2D eigenvalue weighted by molar-refractivity contribution is 6.31. The van der Waals surface area contributed by atoms with Crippen molar-refractivity contribution in [2.24, 2.45) is 5.92 Å². The number of carbonyl (C=O) groups is 1. The van der Waals surface area contributed by atoms with E-state index in [0.717, 1.165) is 35.9 Å². The summed E-state index contributed by atoms with van der Waals surface area (Å²) in [5, 5.41) is 0.781. The van der Waals surface area contributed by atoms with Crippen LogP contribution in [0.4, 0.5) is 17.6 Å². The molecule has 1 N–H and O–H groups in total. The molecular weight excluding hydrogens is 496 g/mol. The molecule has 1 amide bonds. The standard InChI is InChI=1S/C26H21ClF4N4O/c27-20-11-19-17(13-34-22(19)12-21(20)28)6-9-35(14-15-4-5-15)25(36)24-23(32-7-8-33-24)16-2-1-3-18(10-16)26(29,30)31/h1-3,7-8,10-13,15,34H,4-6,9,14H2. The predicted octanol–water partition coefficient (Wildman–Crippen LogP) is 6.53. The first-order valence-corrected chi connectivity index (χ1v) is 11.8. The third-order valence-electron chi connectivity index (χ3n) is 6.29. The lowest BCUT2D eigenvalue weighted by atomic mass is 10.0. The van der Waals surface area contributed by atoms with Crippen LogP contribution in [-0.2, 0) is 12.6 Å². The molecular formula is C26H21ClF4N4O. The Morgan fingerprint density at radius 3 is 2.67 bits per heavy atom. The van der Waals surface area contributed by atoms with Crippen molar-refractivity contribution < 1.29 is 22.4 Å². The second-order valence-corrected chi connectivity index (χ2v) is 9.31. The van der Waals surface area contributed by atoms with E-state index in [2.05, 4.69) is 15.0 Å². The monoisotopic (exact) mass is 516 g/mol. The van der Waals surface area contributed by atoms with Crippen LogP contribution in [0, 0.1) is 11.7 Å². The van der Waals surface area contributed by atoms with Gasteiger partial charge < -0.3 is 9.88 Å². The third-order valence-corrected chi connectivity index (χ3v) is 6.58. The smallest absolute Gasteiger partial charge is 0.361 e. The fraction of sp³-hybridized carbons (Fsp3) is 0.269. The van der Waals surface area contributed by atoms with Gasteiger partial charge in [-0.1, -0.05) is 23.7 Å². The Balaban J connectivity index is 1.43. The summed E-state index contributed by atoms with van der Waals surface area (Å²) in [4.78, 5) is 26.7. The van der Waals surface area contributed by atoms with Gasteiger partial charge in [0, 0.05) is 48.1 Å². The van der Waals surface area contributed by atoms with Crippen molar-refractivity contribution in [3.63, 3.8) is 0 Å². The third kappa shape index (κ3) is 5.06. The SMILES string of the molecule is O=C(c1nccnc1-c1cccc(C(F)(F)F)c1)N(CCc1c[nH]c2cc(F)c(Cl)cc12)CC1CC1. The van der Waals surface area contributed by atoms with Crippen molar-refractivity contribution in [1.82, 2.24) is 19.9 Å². The summed E-state index contributed by atoms with van der Waals surface area (Å²) in [6.45, 7) is 0.852. The first kappa shape index (κ1) is 24.2. The Hall–Kier alpha value is -3.46. The Labute approximate surface area is 209 Å². The van der Waals surface area contributed by atoms with Gasteiger partial charge in [0.2, 0.25) is 0 Å². The van der Waals surface area contributed by atoms with Gasteiger partial charge in [0.25, 0.3) is 5.91 Å². The van der Waals surface area contributed by atoms with E-state index in [0.29, 0.717) is 30.9 Å². The molecule has 1 fully saturated rings. The van der Waals surface area contributed by atoms with E-state index in [1.807, 2.05) is 0 Å². The first-order valence-electron chi connectivity index (χ1n) is 11.4. The van der Waals surface area contributed by atoms with Crippen molar-refractivity contribution in [3.05, 3.63) is 82.6 Å². The number of benzene rings is 2. The number of nitrogens with one attached hydrogen (secondary N) is 1. The molecule has 0 radical (unpaired) electrons. The van der Waals surface area contributed by atoms with Gasteiger partial charge >= 0.3 is 6.18 Å². The van der Waals surface area contributed by atoms with Crippen LogP contribution in [-0.4, -0.2) is 38.8 Å². The highest BCUT2D eigenvalue weighted by Crippen LogP contribution is 2.34. The second-order valence-electron chi connectivity index (χ2n) is 8.90. The molecule has 1 aliphatic rings. The maximum Gasteiger partial charge on any atom is 0.416 e. The Kier molecular flexibility index (Phi) is 6.42. The summed E-state index contributed by atoms with van der Waals surface area (Å²) >= 11 is 5.96. The normalized spacial score (nSPS) is 13.8.